The second kappa shape index (κ2) is 5.87. The Morgan fingerprint density at radius 1 is 1.12 bits per heavy atom. The molecule has 0 saturated carbocycles. The summed E-state index contributed by atoms with van der Waals surface area (Å²) >= 11 is 4.10. The Balaban J connectivity index is 2.02. The van der Waals surface area contributed by atoms with Crippen molar-refractivity contribution in [2.75, 3.05) is 0 Å². The number of unbranched alkanes of at least 4 members (excludes halogenated alkanes) is 2. The number of aryl methyl sites for hydroxylation is 1. The Bertz CT molecular complexity index is 462. The van der Waals surface area contributed by atoms with Gasteiger partial charge in [-0.15, -0.1) is 22.8 Å². The van der Waals surface area contributed by atoms with Crippen LogP contribution in [0.25, 0.3) is 11.4 Å². The molecule has 1 aromatic carbocycles. The summed E-state index contributed by atoms with van der Waals surface area (Å²) in [5, 5.41) is 8.39. The predicted molar refractivity (Wildman–Crippen MR) is 72.3 cm³/mol. The maximum absolute atomic E-state index is 4.10. The third-order valence-electron chi connectivity index (χ3n) is 2.77. The molecule has 17 heavy (non-hydrogen) atoms. The number of thiol groups is 1. The van der Waals surface area contributed by atoms with Gasteiger partial charge in [0.15, 0.2) is 11.0 Å². The summed E-state index contributed by atoms with van der Waals surface area (Å²) < 4.78 is 0. The zero-order valence-corrected chi connectivity index (χ0v) is 10.9. The van der Waals surface area contributed by atoms with Crippen LogP contribution in [0.15, 0.2) is 29.4 Å². The minimum Gasteiger partial charge on any atom is -0.316 e. The molecule has 90 valence electrons. The Morgan fingerprint density at radius 2 is 1.88 bits per heavy atom. The van der Waals surface area contributed by atoms with Crippen molar-refractivity contribution >= 4 is 12.6 Å². The molecule has 0 atom stereocenters. The smallest absolute Gasteiger partial charge is 0.185 e. The first-order valence-corrected chi connectivity index (χ1v) is 6.45. The molecule has 0 bridgehead atoms. The monoisotopic (exact) mass is 247 g/mol. The zero-order valence-electron chi connectivity index (χ0n) is 9.98. The molecule has 0 radical (unpaired) electrons. The van der Waals surface area contributed by atoms with Crippen LogP contribution in [0.4, 0.5) is 0 Å². The van der Waals surface area contributed by atoms with Crippen LogP contribution in [0, 0.1) is 0 Å². The molecule has 1 aromatic heterocycles. The quantitative estimate of drug-likeness (QED) is 0.627. The van der Waals surface area contributed by atoms with Crippen LogP contribution in [0.2, 0.25) is 0 Å². The topological polar surface area (TPSA) is 41.6 Å². The number of H-pyrrole nitrogens is 1. The third kappa shape index (κ3) is 3.33. The van der Waals surface area contributed by atoms with Crippen molar-refractivity contribution in [2.24, 2.45) is 0 Å². The summed E-state index contributed by atoms with van der Waals surface area (Å²) in [5.74, 6) is 0.773. The van der Waals surface area contributed by atoms with Gasteiger partial charge >= 0.3 is 0 Å². The van der Waals surface area contributed by atoms with Gasteiger partial charge in [-0.25, -0.2) is 0 Å². The number of rotatable bonds is 5. The lowest BCUT2D eigenvalue weighted by molar-refractivity contribution is 0.717. The highest BCUT2D eigenvalue weighted by Gasteiger charge is 2.02. The van der Waals surface area contributed by atoms with Crippen molar-refractivity contribution in [3.63, 3.8) is 0 Å². The highest BCUT2D eigenvalue weighted by molar-refractivity contribution is 7.80. The molecule has 2 rings (SSSR count). The van der Waals surface area contributed by atoms with E-state index < -0.39 is 0 Å². The number of benzene rings is 1. The lowest BCUT2D eigenvalue weighted by atomic mass is 10.1. The lowest BCUT2D eigenvalue weighted by Gasteiger charge is -2.01. The van der Waals surface area contributed by atoms with Gasteiger partial charge in [-0.3, -0.25) is 0 Å². The number of hydrogen-bond acceptors (Lipinski definition) is 3. The molecular formula is C13H17N3S. The van der Waals surface area contributed by atoms with E-state index >= 15 is 0 Å². The summed E-state index contributed by atoms with van der Waals surface area (Å²) in [6, 6.07) is 8.47. The first-order valence-electron chi connectivity index (χ1n) is 6.00. The van der Waals surface area contributed by atoms with Crippen LogP contribution < -0.4 is 0 Å². The maximum Gasteiger partial charge on any atom is 0.185 e. The van der Waals surface area contributed by atoms with E-state index in [1.807, 2.05) is 0 Å². The van der Waals surface area contributed by atoms with Gasteiger partial charge in [-0.2, -0.15) is 0 Å². The van der Waals surface area contributed by atoms with Crippen LogP contribution in [-0.4, -0.2) is 15.2 Å². The number of nitrogens with one attached hydrogen (secondary N) is 1. The Kier molecular flexibility index (Phi) is 4.20. The lowest BCUT2D eigenvalue weighted by Crippen LogP contribution is -1.86. The van der Waals surface area contributed by atoms with Crippen LogP contribution in [0.3, 0.4) is 0 Å². The molecule has 0 aliphatic heterocycles. The van der Waals surface area contributed by atoms with Gasteiger partial charge in [0.05, 0.1) is 0 Å². The first-order chi connectivity index (χ1) is 8.29. The van der Waals surface area contributed by atoms with E-state index in [0.717, 1.165) is 17.8 Å². The van der Waals surface area contributed by atoms with Crippen molar-refractivity contribution in [1.82, 2.24) is 15.2 Å². The van der Waals surface area contributed by atoms with Gasteiger partial charge < -0.3 is 4.98 Å². The van der Waals surface area contributed by atoms with Crippen LogP contribution in [0.5, 0.6) is 0 Å². The van der Waals surface area contributed by atoms with Crippen molar-refractivity contribution in [1.29, 1.82) is 0 Å². The molecular weight excluding hydrogens is 230 g/mol. The zero-order chi connectivity index (χ0) is 12.1. The van der Waals surface area contributed by atoms with Crippen LogP contribution >= 0.6 is 12.6 Å². The van der Waals surface area contributed by atoms with Gasteiger partial charge in [0.1, 0.15) is 0 Å². The summed E-state index contributed by atoms with van der Waals surface area (Å²) in [6.07, 6.45) is 4.98. The van der Waals surface area contributed by atoms with Crippen LogP contribution in [0.1, 0.15) is 31.7 Å². The van der Waals surface area contributed by atoms with Gasteiger partial charge in [0, 0.05) is 5.56 Å². The minimum absolute atomic E-state index is 0.548. The molecule has 1 heterocycles. The molecule has 3 nitrogen and oxygen atoms in total. The standard InChI is InChI=1S/C13H17N3S/c1-2-3-4-5-10-6-8-11(9-7-10)12-14-13(17)16-15-12/h6-9H,2-5H2,1H3,(H2,14,15,16,17). The van der Waals surface area contributed by atoms with E-state index in [1.165, 1.54) is 24.8 Å². The second-order valence-electron chi connectivity index (χ2n) is 4.15. The van der Waals surface area contributed by atoms with E-state index in [-0.39, 0.29) is 0 Å². The van der Waals surface area contributed by atoms with E-state index in [4.69, 9.17) is 0 Å². The highest BCUT2D eigenvalue weighted by Crippen LogP contribution is 2.17. The fraction of sp³-hybridized carbons (Fsp3) is 0.385. The van der Waals surface area contributed by atoms with E-state index in [9.17, 15) is 0 Å². The summed E-state index contributed by atoms with van der Waals surface area (Å²) in [6.45, 7) is 2.22. The van der Waals surface area contributed by atoms with E-state index in [0.29, 0.717) is 5.16 Å². The minimum atomic E-state index is 0.548. The van der Waals surface area contributed by atoms with Crippen molar-refractivity contribution in [3.05, 3.63) is 29.8 Å². The van der Waals surface area contributed by atoms with Gasteiger partial charge in [0.25, 0.3) is 0 Å². The Morgan fingerprint density at radius 3 is 2.47 bits per heavy atom. The highest BCUT2D eigenvalue weighted by atomic mass is 32.1. The van der Waals surface area contributed by atoms with Crippen molar-refractivity contribution in [2.45, 2.75) is 37.8 Å². The number of aromatic nitrogens is 3. The molecule has 0 aliphatic carbocycles. The molecule has 0 aliphatic rings. The summed E-state index contributed by atoms with van der Waals surface area (Å²) in [5.41, 5.74) is 2.44. The number of hydrogen-bond donors (Lipinski definition) is 2. The number of nitrogens with zero attached hydrogens (tertiary/aromatic N) is 2. The molecule has 0 saturated heterocycles. The average Bonchev–Trinajstić information content (AvgIpc) is 2.77. The SMILES string of the molecule is CCCCCc1ccc(-c2nnc(S)[nH]2)cc1. The van der Waals surface area contributed by atoms with E-state index in [1.54, 1.807) is 0 Å². The Labute approximate surface area is 107 Å². The Hall–Kier alpha value is -1.29. The summed E-state index contributed by atoms with van der Waals surface area (Å²) in [7, 11) is 0. The van der Waals surface area contributed by atoms with Gasteiger partial charge in [-0.1, -0.05) is 44.0 Å². The third-order valence-corrected chi connectivity index (χ3v) is 2.97. The molecule has 4 heteroatoms. The molecule has 0 unspecified atom stereocenters. The van der Waals surface area contributed by atoms with Gasteiger partial charge in [-0.05, 0) is 18.4 Å². The fourth-order valence-corrected chi connectivity index (χ4v) is 1.94. The summed E-state index contributed by atoms with van der Waals surface area (Å²) in [4.78, 5) is 3.01. The largest absolute Gasteiger partial charge is 0.316 e. The normalized spacial score (nSPS) is 10.7. The first kappa shape index (κ1) is 12.2. The van der Waals surface area contributed by atoms with Gasteiger partial charge in [0.2, 0.25) is 0 Å². The predicted octanol–water partition coefficient (Wildman–Crippen LogP) is 3.49. The van der Waals surface area contributed by atoms with E-state index in [2.05, 4.69) is 59.0 Å². The van der Waals surface area contributed by atoms with Crippen molar-refractivity contribution < 1.29 is 0 Å². The molecule has 0 fully saturated rings. The van der Waals surface area contributed by atoms with Crippen molar-refractivity contribution in [3.8, 4) is 11.4 Å². The maximum atomic E-state index is 4.10. The molecule has 2 aromatic rings. The average molecular weight is 247 g/mol. The molecule has 0 spiro atoms. The fourth-order valence-electron chi connectivity index (χ4n) is 1.79. The number of aromatic amines is 1. The van der Waals surface area contributed by atoms with Crippen LogP contribution in [-0.2, 0) is 6.42 Å². The molecule has 1 N–H and O–H groups in total. The second-order valence-corrected chi connectivity index (χ2v) is 4.57. The molecule has 0 amide bonds.